The minimum absolute atomic E-state index is 0.0491. The number of benzene rings is 1. The summed E-state index contributed by atoms with van der Waals surface area (Å²) in [5.41, 5.74) is 0. The standard InChI is InChI=1S/C10H6F2N2O/c11-7-4-8(12)6-9(5-7)15-10-2-1-3-13-14-10/h1-6H. The molecule has 0 fully saturated rings. The van der Waals surface area contributed by atoms with Gasteiger partial charge in [0.05, 0.1) is 0 Å². The van der Waals surface area contributed by atoms with Crippen LogP contribution in [0.1, 0.15) is 0 Å². The van der Waals surface area contributed by atoms with E-state index < -0.39 is 11.6 Å². The molecule has 0 amide bonds. The second kappa shape index (κ2) is 4.00. The monoisotopic (exact) mass is 208 g/mol. The lowest BCUT2D eigenvalue weighted by molar-refractivity contribution is 0.444. The van der Waals surface area contributed by atoms with E-state index in [1.165, 1.54) is 12.3 Å². The average Bonchev–Trinajstić information content (AvgIpc) is 2.17. The molecule has 5 heteroatoms. The summed E-state index contributed by atoms with van der Waals surface area (Å²) in [4.78, 5) is 0. The van der Waals surface area contributed by atoms with Gasteiger partial charge in [0.2, 0.25) is 5.88 Å². The van der Waals surface area contributed by atoms with Gasteiger partial charge in [-0.3, -0.25) is 0 Å². The number of rotatable bonds is 2. The molecule has 0 atom stereocenters. The SMILES string of the molecule is Fc1cc(F)cc(Oc2cccnn2)c1. The Morgan fingerprint density at radius 2 is 1.80 bits per heavy atom. The van der Waals surface area contributed by atoms with E-state index in [1.807, 2.05) is 0 Å². The highest BCUT2D eigenvalue weighted by Gasteiger charge is 2.03. The summed E-state index contributed by atoms with van der Waals surface area (Å²) < 4.78 is 30.6. The zero-order chi connectivity index (χ0) is 10.7. The molecule has 0 aliphatic rings. The zero-order valence-corrected chi connectivity index (χ0v) is 7.52. The summed E-state index contributed by atoms with van der Waals surface area (Å²) >= 11 is 0. The second-order valence-electron chi connectivity index (χ2n) is 2.77. The Morgan fingerprint density at radius 3 is 2.40 bits per heavy atom. The number of ether oxygens (including phenoxy) is 1. The molecule has 0 aliphatic carbocycles. The highest BCUT2D eigenvalue weighted by molar-refractivity contribution is 5.27. The van der Waals surface area contributed by atoms with Gasteiger partial charge in [0, 0.05) is 30.5 Å². The molecule has 0 spiro atoms. The Balaban J connectivity index is 2.25. The van der Waals surface area contributed by atoms with Gasteiger partial charge in [-0.2, -0.15) is 5.10 Å². The van der Waals surface area contributed by atoms with E-state index in [2.05, 4.69) is 10.2 Å². The molecule has 0 aliphatic heterocycles. The summed E-state index contributed by atoms with van der Waals surface area (Å²) in [6.07, 6.45) is 1.47. The first kappa shape index (κ1) is 9.51. The molecule has 0 N–H and O–H groups in total. The van der Waals surface area contributed by atoms with Crippen LogP contribution in [-0.2, 0) is 0 Å². The van der Waals surface area contributed by atoms with Crippen LogP contribution in [-0.4, -0.2) is 10.2 Å². The first-order valence-electron chi connectivity index (χ1n) is 4.16. The molecule has 0 radical (unpaired) electrons. The lowest BCUT2D eigenvalue weighted by Crippen LogP contribution is -1.90. The van der Waals surface area contributed by atoms with E-state index in [0.29, 0.717) is 0 Å². The van der Waals surface area contributed by atoms with E-state index in [1.54, 1.807) is 6.07 Å². The molecule has 76 valence electrons. The molecule has 1 heterocycles. The summed E-state index contributed by atoms with van der Waals surface area (Å²) in [5, 5.41) is 7.18. The number of hydrogen-bond acceptors (Lipinski definition) is 3. The van der Waals surface area contributed by atoms with Crippen molar-refractivity contribution in [3.8, 4) is 11.6 Å². The second-order valence-corrected chi connectivity index (χ2v) is 2.77. The third-order valence-electron chi connectivity index (χ3n) is 1.61. The van der Waals surface area contributed by atoms with Crippen molar-refractivity contribution in [2.75, 3.05) is 0 Å². The summed E-state index contributed by atoms with van der Waals surface area (Å²) in [6.45, 7) is 0. The van der Waals surface area contributed by atoms with Crippen molar-refractivity contribution in [2.45, 2.75) is 0 Å². The van der Waals surface area contributed by atoms with E-state index >= 15 is 0 Å². The number of hydrogen-bond donors (Lipinski definition) is 0. The van der Waals surface area contributed by atoms with E-state index in [0.717, 1.165) is 18.2 Å². The Bertz CT molecular complexity index is 442. The van der Waals surface area contributed by atoms with Gasteiger partial charge in [0.15, 0.2) is 0 Å². The lowest BCUT2D eigenvalue weighted by atomic mass is 10.3. The number of nitrogens with zero attached hydrogens (tertiary/aromatic N) is 2. The third kappa shape index (κ3) is 2.46. The van der Waals surface area contributed by atoms with Crippen molar-refractivity contribution in [2.24, 2.45) is 0 Å². The fourth-order valence-corrected chi connectivity index (χ4v) is 1.05. The Morgan fingerprint density at radius 1 is 1.07 bits per heavy atom. The van der Waals surface area contributed by atoms with E-state index in [-0.39, 0.29) is 11.6 Å². The lowest BCUT2D eigenvalue weighted by Gasteiger charge is -2.03. The molecular formula is C10H6F2N2O. The van der Waals surface area contributed by atoms with Crippen LogP contribution in [0.5, 0.6) is 11.6 Å². The summed E-state index contributed by atoms with van der Waals surface area (Å²) in [6, 6.07) is 6.05. The van der Waals surface area contributed by atoms with Gasteiger partial charge in [0.25, 0.3) is 0 Å². The van der Waals surface area contributed by atoms with Crippen molar-refractivity contribution in [1.82, 2.24) is 10.2 Å². The maximum Gasteiger partial charge on any atom is 0.238 e. The predicted molar refractivity (Wildman–Crippen MR) is 48.5 cm³/mol. The topological polar surface area (TPSA) is 35.0 Å². The van der Waals surface area contributed by atoms with Crippen LogP contribution < -0.4 is 4.74 Å². The fourth-order valence-electron chi connectivity index (χ4n) is 1.05. The van der Waals surface area contributed by atoms with Gasteiger partial charge in [0.1, 0.15) is 17.4 Å². The highest BCUT2D eigenvalue weighted by atomic mass is 19.1. The van der Waals surface area contributed by atoms with Gasteiger partial charge in [-0.15, -0.1) is 5.10 Å². The largest absolute Gasteiger partial charge is 0.437 e. The maximum atomic E-state index is 12.8. The molecule has 0 unspecified atom stereocenters. The third-order valence-corrected chi connectivity index (χ3v) is 1.61. The number of aromatic nitrogens is 2. The summed E-state index contributed by atoms with van der Waals surface area (Å²) in [7, 11) is 0. The minimum atomic E-state index is -0.700. The normalized spacial score (nSPS) is 10.0. The first-order valence-corrected chi connectivity index (χ1v) is 4.16. The van der Waals surface area contributed by atoms with Crippen molar-refractivity contribution < 1.29 is 13.5 Å². The molecule has 2 aromatic rings. The van der Waals surface area contributed by atoms with Crippen LogP contribution in [0.2, 0.25) is 0 Å². The number of halogens is 2. The summed E-state index contributed by atoms with van der Waals surface area (Å²) in [5.74, 6) is -1.17. The highest BCUT2D eigenvalue weighted by Crippen LogP contribution is 2.20. The van der Waals surface area contributed by atoms with Crippen LogP contribution >= 0.6 is 0 Å². The van der Waals surface area contributed by atoms with Crippen molar-refractivity contribution >= 4 is 0 Å². The Kier molecular flexibility index (Phi) is 2.53. The van der Waals surface area contributed by atoms with Gasteiger partial charge in [-0.1, -0.05) is 0 Å². The van der Waals surface area contributed by atoms with Gasteiger partial charge in [-0.05, 0) is 6.07 Å². The molecule has 3 nitrogen and oxygen atoms in total. The van der Waals surface area contributed by atoms with Crippen LogP contribution in [0, 0.1) is 11.6 Å². The zero-order valence-electron chi connectivity index (χ0n) is 7.52. The Labute approximate surface area is 84.3 Å². The molecule has 0 saturated heterocycles. The molecule has 1 aromatic heterocycles. The average molecular weight is 208 g/mol. The van der Waals surface area contributed by atoms with Crippen LogP contribution in [0.3, 0.4) is 0 Å². The van der Waals surface area contributed by atoms with Crippen molar-refractivity contribution in [3.05, 3.63) is 48.2 Å². The molecule has 0 saturated carbocycles. The smallest absolute Gasteiger partial charge is 0.238 e. The Hall–Kier alpha value is -2.04. The van der Waals surface area contributed by atoms with Crippen molar-refractivity contribution in [1.29, 1.82) is 0 Å². The molecule has 0 bridgehead atoms. The first-order chi connectivity index (χ1) is 7.24. The quantitative estimate of drug-likeness (QED) is 0.760. The van der Waals surface area contributed by atoms with Gasteiger partial charge < -0.3 is 4.74 Å². The fraction of sp³-hybridized carbons (Fsp3) is 0. The van der Waals surface area contributed by atoms with Gasteiger partial charge >= 0.3 is 0 Å². The van der Waals surface area contributed by atoms with Gasteiger partial charge in [-0.25, -0.2) is 8.78 Å². The minimum Gasteiger partial charge on any atom is -0.437 e. The predicted octanol–water partition coefficient (Wildman–Crippen LogP) is 2.55. The molecule has 2 rings (SSSR count). The van der Waals surface area contributed by atoms with Crippen molar-refractivity contribution in [3.63, 3.8) is 0 Å². The van der Waals surface area contributed by atoms with Crippen LogP contribution in [0.4, 0.5) is 8.78 Å². The van der Waals surface area contributed by atoms with Crippen LogP contribution in [0.15, 0.2) is 36.5 Å². The van der Waals surface area contributed by atoms with E-state index in [4.69, 9.17) is 4.74 Å². The van der Waals surface area contributed by atoms with E-state index in [9.17, 15) is 8.78 Å². The molecule has 15 heavy (non-hydrogen) atoms. The van der Waals surface area contributed by atoms with Crippen LogP contribution in [0.25, 0.3) is 0 Å². The molecule has 1 aromatic carbocycles. The molecular weight excluding hydrogens is 202 g/mol. The maximum absolute atomic E-state index is 12.8.